The Kier molecular flexibility index (Phi) is 4.34. The lowest BCUT2D eigenvalue weighted by molar-refractivity contribution is 0.546. The average Bonchev–Trinajstić information content (AvgIpc) is 2.90. The number of nitrogens with zero attached hydrogens (tertiary/aromatic N) is 3. The van der Waals surface area contributed by atoms with E-state index in [2.05, 4.69) is 29.4 Å². The second-order valence-corrected chi connectivity index (χ2v) is 6.02. The van der Waals surface area contributed by atoms with Crippen LogP contribution in [0.4, 0.5) is 0 Å². The molecule has 0 aliphatic carbocycles. The Balaban J connectivity index is 2.24. The zero-order chi connectivity index (χ0) is 14.0. The summed E-state index contributed by atoms with van der Waals surface area (Å²) in [7, 11) is 1.94. The summed E-state index contributed by atoms with van der Waals surface area (Å²) in [5.41, 5.74) is 6.26. The van der Waals surface area contributed by atoms with E-state index in [0.29, 0.717) is 0 Å². The van der Waals surface area contributed by atoms with Gasteiger partial charge in [-0.1, -0.05) is 6.92 Å². The van der Waals surface area contributed by atoms with Gasteiger partial charge >= 0.3 is 0 Å². The molecule has 6 heteroatoms. The van der Waals surface area contributed by atoms with Gasteiger partial charge in [0.2, 0.25) is 0 Å². The lowest BCUT2D eigenvalue weighted by atomic mass is 10.0. The van der Waals surface area contributed by atoms with E-state index in [9.17, 15) is 0 Å². The number of hydrogen-bond acceptors (Lipinski definition) is 5. The molecule has 2 rings (SSSR count). The molecule has 0 radical (unpaired) electrons. The Hall–Kier alpha value is -1.24. The molecule has 0 aliphatic rings. The number of nitrogens with one attached hydrogen (secondary N) is 1. The van der Waals surface area contributed by atoms with Gasteiger partial charge in [0.05, 0.1) is 22.4 Å². The Morgan fingerprint density at radius 3 is 2.74 bits per heavy atom. The van der Waals surface area contributed by atoms with Crippen LogP contribution in [0.3, 0.4) is 0 Å². The molecular formula is C13H21N5S. The summed E-state index contributed by atoms with van der Waals surface area (Å²) in [6.07, 6.45) is 3.75. The highest BCUT2D eigenvalue weighted by atomic mass is 32.1. The van der Waals surface area contributed by atoms with Gasteiger partial charge in [0.25, 0.3) is 0 Å². The largest absolute Gasteiger partial charge is 0.275 e. The number of hydrazine groups is 1. The fourth-order valence-electron chi connectivity index (χ4n) is 2.18. The van der Waals surface area contributed by atoms with Crippen LogP contribution in [0.5, 0.6) is 0 Å². The first-order valence-electron chi connectivity index (χ1n) is 6.46. The standard InChI is InChI=1S/C13H21N5S/c1-5-11-10(7-18(4)17-11)12(16-14)6-13-15-8(2)9(3)19-13/h7,12,16H,5-6,14H2,1-4H3. The zero-order valence-electron chi connectivity index (χ0n) is 11.9. The number of aryl methyl sites for hydroxylation is 4. The molecule has 2 aromatic heterocycles. The van der Waals surface area contributed by atoms with Gasteiger partial charge < -0.3 is 0 Å². The summed E-state index contributed by atoms with van der Waals surface area (Å²) in [6, 6.07) is 0.0635. The number of thiazole rings is 1. The first-order valence-corrected chi connectivity index (χ1v) is 7.28. The van der Waals surface area contributed by atoms with Crippen molar-refractivity contribution >= 4 is 11.3 Å². The molecule has 0 aliphatic heterocycles. The van der Waals surface area contributed by atoms with E-state index in [1.54, 1.807) is 11.3 Å². The molecule has 5 nitrogen and oxygen atoms in total. The van der Waals surface area contributed by atoms with Gasteiger partial charge in [-0.3, -0.25) is 16.0 Å². The smallest absolute Gasteiger partial charge is 0.0950 e. The molecule has 0 bridgehead atoms. The Morgan fingerprint density at radius 2 is 2.21 bits per heavy atom. The van der Waals surface area contributed by atoms with Crippen LogP contribution in [0.25, 0.3) is 0 Å². The van der Waals surface area contributed by atoms with E-state index in [0.717, 1.165) is 34.8 Å². The monoisotopic (exact) mass is 279 g/mol. The van der Waals surface area contributed by atoms with Gasteiger partial charge in [0.15, 0.2) is 0 Å². The first-order chi connectivity index (χ1) is 9.05. The highest BCUT2D eigenvalue weighted by molar-refractivity contribution is 7.11. The van der Waals surface area contributed by atoms with Crippen molar-refractivity contribution in [2.24, 2.45) is 12.9 Å². The van der Waals surface area contributed by atoms with E-state index < -0.39 is 0 Å². The Labute approximate surface area is 117 Å². The minimum atomic E-state index is 0.0635. The van der Waals surface area contributed by atoms with Crippen LogP contribution in [0.2, 0.25) is 0 Å². The van der Waals surface area contributed by atoms with Crippen molar-refractivity contribution in [3.63, 3.8) is 0 Å². The van der Waals surface area contributed by atoms with Gasteiger partial charge in [0.1, 0.15) is 0 Å². The van der Waals surface area contributed by atoms with Gasteiger partial charge in [-0.2, -0.15) is 5.10 Å². The number of nitrogens with two attached hydrogens (primary N) is 1. The maximum absolute atomic E-state index is 5.72. The second kappa shape index (κ2) is 5.81. The van der Waals surface area contributed by atoms with E-state index >= 15 is 0 Å². The third-order valence-corrected chi connectivity index (χ3v) is 4.40. The molecular weight excluding hydrogens is 258 g/mol. The lowest BCUT2D eigenvalue weighted by Gasteiger charge is -2.14. The fourth-order valence-corrected chi connectivity index (χ4v) is 3.16. The third kappa shape index (κ3) is 3.02. The van der Waals surface area contributed by atoms with Gasteiger partial charge in [0, 0.05) is 30.1 Å². The number of aromatic nitrogens is 3. The fraction of sp³-hybridized carbons (Fsp3) is 0.538. The van der Waals surface area contributed by atoms with Gasteiger partial charge in [-0.15, -0.1) is 11.3 Å². The average molecular weight is 279 g/mol. The number of rotatable bonds is 5. The lowest BCUT2D eigenvalue weighted by Crippen LogP contribution is -2.30. The SMILES string of the molecule is CCc1nn(C)cc1C(Cc1nc(C)c(C)s1)NN. The zero-order valence-corrected chi connectivity index (χ0v) is 12.7. The molecule has 104 valence electrons. The van der Waals surface area contributed by atoms with Crippen LogP contribution in [0.1, 0.15) is 39.8 Å². The summed E-state index contributed by atoms with van der Waals surface area (Å²) in [6.45, 7) is 6.25. The van der Waals surface area contributed by atoms with Crippen LogP contribution < -0.4 is 11.3 Å². The molecule has 0 amide bonds. The summed E-state index contributed by atoms with van der Waals surface area (Å²) in [4.78, 5) is 5.85. The highest BCUT2D eigenvalue weighted by Crippen LogP contribution is 2.25. The van der Waals surface area contributed by atoms with Gasteiger partial charge in [-0.05, 0) is 20.3 Å². The first kappa shape index (κ1) is 14.2. The molecule has 0 saturated carbocycles. The van der Waals surface area contributed by atoms with Crippen molar-refractivity contribution in [2.75, 3.05) is 0 Å². The summed E-state index contributed by atoms with van der Waals surface area (Å²) < 4.78 is 1.84. The Morgan fingerprint density at radius 1 is 1.47 bits per heavy atom. The topological polar surface area (TPSA) is 68.8 Å². The molecule has 0 saturated heterocycles. The van der Waals surface area contributed by atoms with E-state index in [1.165, 1.54) is 4.88 Å². The maximum Gasteiger partial charge on any atom is 0.0950 e. The third-order valence-electron chi connectivity index (χ3n) is 3.30. The van der Waals surface area contributed by atoms with Gasteiger partial charge in [-0.25, -0.2) is 4.98 Å². The van der Waals surface area contributed by atoms with Crippen LogP contribution >= 0.6 is 11.3 Å². The molecule has 1 unspecified atom stereocenters. The predicted molar refractivity (Wildman–Crippen MR) is 77.9 cm³/mol. The molecule has 0 aromatic carbocycles. The van der Waals surface area contributed by atoms with E-state index in [1.807, 2.05) is 24.9 Å². The van der Waals surface area contributed by atoms with E-state index in [4.69, 9.17) is 5.84 Å². The highest BCUT2D eigenvalue weighted by Gasteiger charge is 2.19. The van der Waals surface area contributed by atoms with Crippen LogP contribution in [0.15, 0.2) is 6.20 Å². The van der Waals surface area contributed by atoms with Crippen molar-refractivity contribution < 1.29 is 0 Å². The van der Waals surface area contributed by atoms with Crippen molar-refractivity contribution in [1.82, 2.24) is 20.2 Å². The van der Waals surface area contributed by atoms with Crippen molar-refractivity contribution in [3.8, 4) is 0 Å². The minimum absolute atomic E-state index is 0.0635. The quantitative estimate of drug-likeness (QED) is 0.647. The van der Waals surface area contributed by atoms with E-state index in [-0.39, 0.29) is 6.04 Å². The molecule has 2 heterocycles. The van der Waals surface area contributed by atoms with Crippen molar-refractivity contribution in [2.45, 2.75) is 39.7 Å². The normalized spacial score (nSPS) is 12.9. The maximum atomic E-state index is 5.72. The summed E-state index contributed by atoms with van der Waals surface area (Å²) >= 11 is 1.74. The second-order valence-electron chi connectivity index (χ2n) is 4.73. The molecule has 0 spiro atoms. The molecule has 0 fully saturated rings. The Bertz CT molecular complexity index is 538. The molecule has 3 N–H and O–H groups in total. The van der Waals surface area contributed by atoms with Crippen LogP contribution in [-0.4, -0.2) is 14.8 Å². The van der Waals surface area contributed by atoms with Crippen LogP contribution in [-0.2, 0) is 19.9 Å². The predicted octanol–water partition coefficient (Wildman–Crippen LogP) is 1.80. The minimum Gasteiger partial charge on any atom is -0.275 e. The summed E-state index contributed by atoms with van der Waals surface area (Å²) in [5.74, 6) is 5.72. The molecule has 1 atom stereocenters. The number of hydrogen-bond donors (Lipinski definition) is 2. The van der Waals surface area contributed by atoms with Crippen molar-refractivity contribution in [1.29, 1.82) is 0 Å². The van der Waals surface area contributed by atoms with Crippen molar-refractivity contribution in [3.05, 3.63) is 33.0 Å². The molecule has 2 aromatic rings. The molecule has 19 heavy (non-hydrogen) atoms. The summed E-state index contributed by atoms with van der Waals surface area (Å²) in [5, 5.41) is 5.58. The van der Waals surface area contributed by atoms with Crippen LogP contribution in [0, 0.1) is 13.8 Å².